The Morgan fingerprint density at radius 1 is 1.29 bits per heavy atom. The molecule has 21 heavy (non-hydrogen) atoms. The zero-order valence-electron chi connectivity index (χ0n) is 12.1. The van der Waals surface area contributed by atoms with Gasteiger partial charge in [0, 0.05) is 12.2 Å². The largest absolute Gasteiger partial charge is 0.497 e. The summed E-state index contributed by atoms with van der Waals surface area (Å²) in [7, 11) is 1.66. The average Bonchev–Trinajstić information content (AvgIpc) is 2.53. The van der Waals surface area contributed by atoms with Gasteiger partial charge in [0.25, 0.3) is 0 Å². The lowest BCUT2D eigenvalue weighted by atomic mass is 10.0. The molecule has 0 saturated carbocycles. The molecule has 0 aliphatic heterocycles. The van der Waals surface area contributed by atoms with Crippen LogP contribution in [0.5, 0.6) is 5.75 Å². The third kappa shape index (κ3) is 4.13. The molecular weight excluding hydrogens is 304 g/mol. The summed E-state index contributed by atoms with van der Waals surface area (Å²) in [5.74, 6) is 0.837. The second-order valence-corrected chi connectivity index (χ2v) is 6.21. The molecule has 0 amide bonds. The number of hydrogen-bond donors (Lipinski definition) is 1. The van der Waals surface area contributed by atoms with Gasteiger partial charge in [0.05, 0.1) is 17.4 Å². The van der Waals surface area contributed by atoms with E-state index >= 15 is 0 Å². The first kappa shape index (κ1) is 16.1. The van der Waals surface area contributed by atoms with E-state index in [1.54, 1.807) is 25.1 Å². The topological polar surface area (TPSA) is 48.1 Å². The van der Waals surface area contributed by atoms with E-state index in [9.17, 15) is 0 Å². The maximum absolute atomic E-state index is 6.29. The Kier molecular flexibility index (Phi) is 5.91. The molecule has 0 bridgehead atoms. The average molecular weight is 323 g/mol. The van der Waals surface area contributed by atoms with Gasteiger partial charge in [-0.1, -0.05) is 42.4 Å². The van der Waals surface area contributed by atoms with Crippen molar-refractivity contribution in [2.24, 2.45) is 5.73 Å². The summed E-state index contributed by atoms with van der Waals surface area (Å²) in [5.41, 5.74) is 7.44. The van der Waals surface area contributed by atoms with Gasteiger partial charge in [-0.15, -0.1) is 0 Å². The number of benzene rings is 1. The Balaban J connectivity index is 2.27. The zero-order valence-corrected chi connectivity index (χ0v) is 13.7. The molecule has 1 aromatic heterocycles. The normalized spacial score (nSPS) is 13.7. The lowest BCUT2D eigenvalue weighted by Crippen LogP contribution is -2.25. The summed E-state index contributed by atoms with van der Waals surface area (Å²) >= 11 is 7.81. The van der Waals surface area contributed by atoms with Gasteiger partial charge in [-0.05, 0) is 36.2 Å². The lowest BCUT2D eigenvalue weighted by molar-refractivity contribution is 0.414. The molecule has 2 N–H and O–H groups in total. The van der Waals surface area contributed by atoms with Crippen LogP contribution in [0.25, 0.3) is 0 Å². The van der Waals surface area contributed by atoms with Gasteiger partial charge in [0.2, 0.25) is 0 Å². The predicted molar refractivity (Wildman–Crippen MR) is 89.1 cm³/mol. The number of nitrogens with zero attached hydrogens (tertiary/aromatic N) is 1. The summed E-state index contributed by atoms with van der Waals surface area (Å²) in [5, 5.41) is 1.57. The highest BCUT2D eigenvalue weighted by molar-refractivity contribution is 7.99. The van der Waals surface area contributed by atoms with Crippen molar-refractivity contribution < 1.29 is 4.74 Å². The Hall–Kier alpha value is -1.23. The van der Waals surface area contributed by atoms with Crippen LogP contribution in [0.3, 0.4) is 0 Å². The number of pyridine rings is 1. The quantitative estimate of drug-likeness (QED) is 0.805. The Bertz CT molecular complexity index is 577. The van der Waals surface area contributed by atoms with Crippen LogP contribution in [0.1, 0.15) is 24.2 Å². The van der Waals surface area contributed by atoms with Gasteiger partial charge in [-0.3, -0.25) is 0 Å². The first-order valence-electron chi connectivity index (χ1n) is 6.82. The van der Waals surface area contributed by atoms with Crippen LogP contribution < -0.4 is 10.5 Å². The first-order chi connectivity index (χ1) is 10.2. The molecule has 5 heteroatoms. The number of ether oxygens (including phenoxy) is 1. The molecule has 2 unspecified atom stereocenters. The van der Waals surface area contributed by atoms with E-state index in [1.165, 1.54) is 0 Å². The fraction of sp³-hybridized carbons (Fsp3) is 0.312. The summed E-state index contributed by atoms with van der Waals surface area (Å²) in [6.45, 7) is 2.09. The third-order valence-corrected chi connectivity index (χ3v) is 5.11. The molecule has 1 heterocycles. The molecule has 3 nitrogen and oxygen atoms in total. The molecule has 0 aliphatic rings. The molecule has 1 aromatic carbocycles. The van der Waals surface area contributed by atoms with Crippen molar-refractivity contribution in [3.05, 3.63) is 53.2 Å². The van der Waals surface area contributed by atoms with Crippen molar-refractivity contribution in [1.29, 1.82) is 0 Å². The Morgan fingerprint density at radius 2 is 2.00 bits per heavy atom. The second-order valence-electron chi connectivity index (χ2n) is 4.67. The summed E-state index contributed by atoms with van der Waals surface area (Å²) in [6, 6.07) is 11.7. The van der Waals surface area contributed by atoms with Crippen molar-refractivity contribution in [2.45, 2.75) is 29.7 Å². The van der Waals surface area contributed by atoms with Gasteiger partial charge in [-0.25, -0.2) is 4.98 Å². The van der Waals surface area contributed by atoms with Crippen molar-refractivity contribution in [1.82, 2.24) is 4.98 Å². The maximum Gasteiger partial charge on any atom is 0.118 e. The molecule has 0 aliphatic carbocycles. The molecule has 2 atom stereocenters. The Morgan fingerprint density at radius 3 is 2.57 bits per heavy atom. The number of nitrogens with two attached hydrogens (primary N) is 1. The number of hydrogen-bond acceptors (Lipinski definition) is 4. The molecule has 0 radical (unpaired) electrons. The number of thioether (sulfide) groups is 1. The highest BCUT2D eigenvalue weighted by atomic mass is 35.5. The molecule has 0 saturated heterocycles. The number of halogens is 1. The maximum atomic E-state index is 6.29. The molecule has 0 spiro atoms. The highest BCUT2D eigenvalue weighted by Gasteiger charge is 2.21. The van der Waals surface area contributed by atoms with E-state index in [-0.39, 0.29) is 11.3 Å². The van der Waals surface area contributed by atoms with Crippen LogP contribution in [0.15, 0.2) is 47.6 Å². The van der Waals surface area contributed by atoms with Crippen LogP contribution in [0.4, 0.5) is 0 Å². The smallest absolute Gasteiger partial charge is 0.118 e. The molecule has 112 valence electrons. The van der Waals surface area contributed by atoms with Crippen molar-refractivity contribution in [2.75, 3.05) is 7.11 Å². The van der Waals surface area contributed by atoms with Crippen LogP contribution in [-0.2, 0) is 0 Å². The summed E-state index contributed by atoms with van der Waals surface area (Å²) in [4.78, 5) is 4.34. The molecule has 2 rings (SSSR count). The minimum Gasteiger partial charge on any atom is -0.497 e. The van der Waals surface area contributed by atoms with Crippen molar-refractivity contribution >= 4 is 23.4 Å². The summed E-state index contributed by atoms with van der Waals surface area (Å²) < 4.78 is 5.20. The monoisotopic (exact) mass is 322 g/mol. The molecular formula is C16H19ClN2OS. The van der Waals surface area contributed by atoms with Gasteiger partial charge < -0.3 is 10.5 Å². The van der Waals surface area contributed by atoms with E-state index in [0.717, 1.165) is 22.8 Å². The van der Waals surface area contributed by atoms with Crippen LogP contribution in [0, 0.1) is 0 Å². The second kappa shape index (κ2) is 7.69. The third-order valence-electron chi connectivity index (χ3n) is 3.27. The molecule has 2 aromatic rings. The van der Waals surface area contributed by atoms with Gasteiger partial charge in [-0.2, -0.15) is 0 Å². The van der Waals surface area contributed by atoms with E-state index in [0.29, 0.717) is 5.02 Å². The minimum absolute atomic E-state index is 0.0291. The highest BCUT2D eigenvalue weighted by Crippen LogP contribution is 2.40. The number of methoxy groups -OCH3 is 1. The standard InChI is InChI=1S/C16H19ClN2OS/c1-3-14(18)15(11-6-8-12(20-2)9-7-11)21-16-13(17)5-4-10-19-16/h4-10,14-15H,3,18H2,1-2H3. The SMILES string of the molecule is CCC(N)C(Sc1ncccc1Cl)c1ccc(OC)cc1. The van der Waals surface area contributed by atoms with Crippen LogP contribution in [0.2, 0.25) is 5.02 Å². The van der Waals surface area contributed by atoms with Gasteiger partial charge >= 0.3 is 0 Å². The number of aromatic nitrogens is 1. The fourth-order valence-electron chi connectivity index (χ4n) is 1.99. The zero-order chi connectivity index (χ0) is 15.2. The van der Waals surface area contributed by atoms with Gasteiger partial charge in [0.15, 0.2) is 0 Å². The van der Waals surface area contributed by atoms with E-state index in [1.807, 2.05) is 36.4 Å². The van der Waals surface area contributed by atoms with Crippen LogP contribution >= 0.6 is 23.4 Å². The fourth-order valence-corrected chi connectivity index (χ4v) is 3.45. The number of rotatable bonds is 6. The minimum atomic E-state index is 0.0291. The van der Waals surface area contributed by atoms with E-state index < -0.39 is 0 Å². The lowest BCUT2D eigenvalue weighted by Gasteiger charge is -2.23. The Labute approximate surface area is 134 Å². The molecule has 0 fully saturated rings. The van der Waals surface area contributed by atoms with Gasteiger partial charge in [0.1, 0.15) is 10.8 Å². The van der Waals surface area contributed by atoms with E-state index in [2.05, 4.69) is 11.9 Å². The predicted octanol–water partition coefficient (Wildman–Crippen LogP) is 4.31. The van der Waals surface area contributed by atoms with E-state index in [4.69, 9.17) is 22.1 Å². The van der Waals surface area contributed by atoms with Crippen molar-refractivity contribution in [3.8, 4) is 5.75 Å². The summed E-state index contributed by atoms with van der Waals surface area (Å²) in [6.07, 6.45) is 2.63. The van der Waals surface area contributed by atoms with Crippen molar-refractivity contribution in [3.63, 3.8) is 0 Å². The van der Waals surface area contributed by atoms with Crippen LogP contribution in [-0.4, -0.2) is 18.1 Å². The first-order valence-corrected chi connectivity index (χ1v) is 8.08.